The van der Waals surface area contributed by atoms with E-state index < -0.39 is 24.0 Å². The molecule has 0 aliphatic heterocycles. The van der Waals surface area contributed by atoms with Crippen LogP contribution in [0.5, 0.6) is 0 Å². The van der Waals surface area contributed by atoms with E-state index in [1.165, 1.54) is 0 Å². The van der Waals surface area contributed by atoms with E-state index in [4.69, 9.17) is 21.7 Å². The maximum absolute atomic E-state index is 10.6. The van der Waals surface area contributed by atoms with Crippen LogP contribution < -0.4 is 11.5 Å². The summed E-state index contributed by atoms with van der Waals surface area (Å²) in [4.78, 5) is 21.0. The zero-order valence-electron chi connectivity index (χ0n) is 8.99. The molecule has 4 unspecified atom stereocenters. The topological polar surface area (TPSA) is 127 Å². The van der Waals surface area contributed by atoms with Gasteiger partial charge >= 0.3 is 105 Å². The first-order chi connectivity index (χ1) is 7.27. The van der Waals surface area contributed by atoms with Gasteiger partial charge < -0.3 is 0 Å². The van der Waals surface area contributed by atoms with Crippen molar-refractivity contribution in [3.63, 3.8) is 0 Å². The predicted octanol–water partition coefficient (Wildman–Crippen LogP) is -1.25. The summed E-state index contributed by atoms with van der Waals surface area (Å²) < 4.78 is 0. The Labute approximate surface area is 105 Å². The summed E-state index contributed by atoms with van der Waals surface area (Å²) >= 11 is 0.0780. The van der Waals surface area contributed by atoms with Gasteiger partial charge in [0.25, 0.3) is 0 Å². The van der Waals surface area contributed by atoms with Gasteiger partial charge in [-0.3, -0.25) is 0 Å². The summed E-state index contributed by atoms with van der Waals surface area (Å²) in [5.74, 6) is -2.03. The number of nitrogens with two attached hydrogens (primary N) is 2. The van der Waals surface area contributed by atoms with Crippen LogP contribution in [0, 0.1) is 0 Å². The molecule has 6 N–H and O–H groups in total. The molecule has 0 aromatic carbocycles. The van der Waals surface area contributed by atoms with Crippen molar-refractivity contribution < 1.29 is 19.8 Å². The third-order valence-electron chi connectivity index (χ3n) is 1.94. The number of hydrogen-bond donors (Lipinski definition) is 4. The summed E-state index contributed by atoms with van der Waals surface area (Å²) in [6, 6.07) is -1.73. The second-order valence-electron chi connectivity index (χ2n) is 3.33. The van der Waals surface area contributed by atoms with Crippen molar-refractivity contribution in [2.24, 2.45) is 11.5 Å². The van der Waals surface area contributed by atoms with Crippen molar-refractivity contribution >= 4 is 38.2 Å². The Bertz CT molecular complexity index is 238. The summed E-state index contributed by atoms with van der Waals surface area (Å²) in [6.07, 6.45) is 0. The fourth-order valence-electron chi connectivity index (χ4n) is 0.697. The Kier molecular flexibility index (Phi) is 7.22. The van der Waals surface area contributed by atoms with Crippen molar-refractivity contribution in [2.45, 2.75) is 35.6 Å². The average Bonchev–Trinajstić information content (AvgIpc) is 2.22. The fourth-order valence-corrected chi connectivity index (χ4v) is 8.85. The molecule has 0 radical (unpaired) electrons. The van der Waals surface area contributed by atoms with Crippen LogP contribution in [-0.2, 0) is 9.59 Å². The first kappa shape index (κ1) is 15.9. The SMILES string of the molecule is CC([Se][Se]C(C)C(N)C(=O)O)C(N)C(=O)O. The Morgan fingerprint density at radius 1 is 0.938 bits per heavy atom. The van der Waals surface area contributed by atoms with Gasteiger partial charge in [-0.15, -0.1) is 0 Å². The second kappa shape index (κ2) is 7.27. The van der Waals surface area contributed by atoms with Crippen LogP contribution in [0.15, 0.2) is 0 Å². The van der Waals surface area contributed by atoms with E-state index in [2.05, 4.69) is 0 Å². The summed E-state index contributed by atoms with van der Waals surface area (Å²) in [6.45, 7) is 3.55. The molecule has 0 amide bonds. The zero-order valence-corrected chi connectivity index (χ0v) is 12.4. The van der Waals surface area contributed by atoms with Gasteiger partial charge in [0, 0.05) is 0 Å². The van der Waals surface area contributed by atoms with Gasteiger partial charge in [-0.25, -0.2) is 0 Å². The van der Waals surface area contributed by atoms with Gasteiger partial charge in [-0.2, -0.15) is 0 Å². The molecule has 0 rings (SSSR count). The predicted molar refractivity (Wildman–Crippen MR) is 61.6 cm³/mol. The molecule has 8 heteroatoms. The van der Waals surface area contributed by atoms with Gasteiger partial charge in [-0.1, -0.05) is 0 Å². The van der Waals surface area contributed by atoms with E-state index >= 15 is 0 Å². The van der Waals surface area contributed by atoms with Crippen molar-refractivity contribution in [3.8, 4) is 0 Å². The zero-order chi connectivity index (χ0) is 12.9. The molecule has 0 saturated carbocycles. The normalized spacial score (nSPS) is 18.5. The van der Waals surface area contributed by atoms with Crippen LogP contribution in [0.1, 0.15) is 13.8 Å². The van der Waals surface area contributed by atoms with E-state index in [-0.39, 0.29) is 35.9 Å². The first-order valence-corrected chi connectivity index (χ1v) is 10.9. The molecule has 0 spiro atoms. The Hall–Kier alpha value is -0.101. The van der Waals surface area contributed by atoms with E-state index in [1.807, 2.05) is 0 Å². The van der Waals surface area contributed by atoms with Gasteiger partial charge in [0.05, 0.1) is 0 Å². The van der Waals surface area contributed by atoms with Gasteiger partial charge in [0.1, 0.15) is 0 Å². The molecule has 0 fully saturated rings. The van der Waals surface area contributed by atoms with E-state index in [9.17, 15) is 9.59 Å². The van der Waals surface area contributed by atoms with E-state index in [0.29, 0.717) is 0 Å². The molecule has 0 aromatic heterocycles. The summed E-state index contributed by atoms with van der Waals surface area (Å²) in [5.41, 5.74) is 10.9. The number of aliphatic carboxylic acids is 2. The number of carboxylic acid groups (broad SMARTS) is 2. The van der Waals surface area contributed by atoms with Gasteiger partial charge in [0.2, 0.25) is 0 Å². The first-order valence-electron chi connectivity index (χ1n) is 4.56. The van der Waals surface area contributed by atoms with Crippen LogP contribution >= 0.6 is 0 Å². The molecule has 0 aromatic rings. The number of carboxylic acids is 2. The maximum atomic E-state index is 10.6. The van der Waals surface area contributed by atoms with Gasteiger partial charge in [-0.05, 0) is 0 Å². The second-order valence-corrected chi connectivity index (χ2v) is 11.5. The van der Waals surface area contributed by atoms with Crippen LogP contribution in [0.3, 0.4) is 0 Å². The molecule has 6 nitrogen and oxygen atoms in total. The number of rotatable bonds is 7. The Balaban J connectivity index is 4.05. The third kappa shape index (κ3) is 5.29. The minimum atomic E-state index is -1.01. The molecule has 4 atom stereocenters. The van der Waals surface area contributed by atoms with Crippen molar-refractivity contribution in [2.75, 3.05) is 0 Å². The number of carbonyl (C=O) groups is 2. The molecule has 0 bridgehead atoms. The Morgan fingerprint density at radius 2 is 1.19 bits per heavy atom. The van der Waals surface area contributed by atoms with E-state index in [0.717, 1.165) is 0 Å². The quantitative estimate of drug-likeness (QED) is 0.419. The van der Waals surface area contributed by atoms with Crippen LogP contribution in [0.25, 0.3) is 0 Å². The molecular formula is C8H16N2O4Se2. The third-order valence-corrected chi connectivity index (χ3v) is 12.5. The van der Waals surface area contributed by atoms with Gasteiger partial charge in [0.15, 0.2) is 0 Å². The van der Waals surface area contributed by atoms with Crippen molar-refractivity contribution in [3.05, 3.63) is 0 Å². The van der Waals surface area contributed by atoms with Crippen molar-refractivity contribution in [1.29, 1.82) is 0 Å². The molecular weight excluding hydrogens is 346 g/mol. The summed E-state index contributed by atoms with van der Waals surface area (Å²) in [5, 5.41) is 17.4. The molecule has 94 valence electrons. The summed E-state index contributed by atoms with van der Waals surface area (Å²) in [7, 11) is 0. The minimum absolute atomic E-state index is 0.0390. The molecule has 0 heterocycles. The monoisotopic (exact) mass is 364 g/mol. The number of hydrogen-bond acceptors (Lipinski definition) is 4. The van der Waals surface area contributed by atoms with Crippen LogP contribution in [0.4, 0.5) is 0 Å². The van der Waals surface area contributed by atoms with Crippen LogP contribution in [0.2, 0.25) is 9.63 Å². The van der Waals surface area contributed by atoms with Crippen LogP contribution in [-0.4, -0.2) is 60.5 Å². The molecule has 16 heavy (non-hydrogen) atoms. The average molecular weight is 362 g/mol. The molecule has 0 aliphatic carbocycles. The Morgan fingerprint density at radius 3 is 1.38 bits per heavy atom. The van der Waals surface area contributed by atoms with E-state index in [1.54, 1.807) is 13.8 Å². The molecule has 0 aliphatic rings. The molecule has 0 saturated heterocycles. The van der Waals surface area contributed by atoms with Crippen molar-refractivity contribution in [1.82, 2.24) is 0 Å². The fraction of sp³-hybridized carbons (Fsp3) is 0.750. The standard InChI is InChI=1S/C8H16N2O4Se2/c1-3(5(9)7(11)12)15-16-4(2)6(10)8(13)14/h3-6H,9-10H2,1-2H3,(H,11,12)(H,13,14).